The van der Waals surface area contributed by atoms with E-state index >= 15 is 0 Å². The van der Waals surface area contributed by atoms with Gasteiger partial charge in [-0.2, -0.15) is 0 Å². The van der Waals surface area contributed by atoms with Gasteiger partial charge in [0.2, 0.25) is 0 Å². The van der Waals surface area contributed by atoms with E-state index in [0.29, 0.717) is 24.9 Å². The molecule has 0 radical (unpaired) electrons. The van der Waals surface area contributed by atoms with Gasteiger partial charge in [0.05, 0.1) is 24.7 Å². The Morgan fingerprint density at radius 1 is 1.56 bits per heavy atom. The maximum absolute atomic E-state index is 10.8. The van der Waals surface area contributed by atoms with E-state index in [0.717, 1.165) is 18.6 Å². The molecule has 1 saturated heterocycles. The van der Waals surface area contributed by atoms with Crippen LogP contribution in [-0.4, -0.2) is 31.3 Å². The second-order valence-corrected chi connectivity index (χ2v) is 4.24. The molecule has 1 aliphatic rings. The lowest BCUT2D eigenvalue weighted by Gasteiger charge is -2.11. The van der Waals surface area contributed by atoms with Gasteiger partial charge in [0.1, 0.15) is 5.75 Å². The van der Waals surface area contributed by atoms with E-state index in [9.17, 15) is 10.1 Å². The zero-order valence-corrected chi connectivity index (χ0v) is 10.2. The van der Waals surface area contributed by atoms with Crippen LogP contribution >= 0.6 is 0 Å². The number of non-ortho nitro benzene ring substituents is 1. The standard InChI is InChI=1S/C12H16N2O4/c1-17-12-5-9(4-11(6-12)14(15)16)7-13-10-2-3-18-8-10/h4-6,10,13H,2-3,7-8H2,1H3. The first-order chi connectivity index (χ1) is 8.69. The molecule has 6 nitrogen and oxygen atoms in total. The molecule has 1 atom stereocenters. The first-order valence-corrected chi connectivity index (χ1v) is 5.82. The number of nitrogens with zero attached hydrogens (tertiary/aromatic N) is 1. The first kappa shape index (κ1) is 12.8. The Hall–Kier alpha value is -1.66. The van der Waals surface area contributed by atoms with Gasteiger partial charge in [-0.3, -0.25) is 10.1 Å². The molecule has 0 aromatic heterocycles. The van der Waals surface area contributed by atoms with Crippen molar-refractivity contribution in [2.45, 2.75) is 19.0 Å². The van der Waals surface area contributed by atoms with E-state index in [1.165, 1.54) is 13.2 Å². The van der Waals surface area contributed by atoms with E-state index in [1.54, 1.807) is 12.1 Å². The zero-order valence-electron chi connectivity index (χ0n) is 10.2. The molecule has 1 unspecified atom stereocenters. The summed E-state index contributed by atoms with van der Waals surface area (Å²) in [6.07, 6.45) is 0.978. The zero-order chi connectivity index (χ0) is 13.0. The van der Waals surface area contributed by atoms with Crippen molar-refractivity contribution >= 4 is 5.69 Å². The average molecular weight is 252 g/mol. The van der Waals surface area contributed by atoms with Gasteiger partial charge in [-0.25, -0.2) is 0 Å². The fourth-order valence-electron chi connectivity index (χ4n) is 1.93. The SMILES string of the molecule is COc1cc(CNC2CCOC2)cc([N+](=O)[O-])c1. The number of hydrogen-bond donors (Lipinski definition) is 1. The summed E-state index contributed by atoms with van der Waals surface area (Å²) < 4.78 is 10.3. The molecule has 0 saturated carbocycles. The summed E-state index contributed by atoms with van der Waals surface area (Å²) >= 11 is 0. The highest BCUT2D eigenvalue weighted by Crippen LogP contribution is 2.22. The van der Waals surface area contributed by atoms with Crippen LogP contribution in [0.25, 0.3) is 0 Å². The fourth-order valence-corrected chi connectivity index (χ4v) is 1.93. The Bertz CT molecular complexity index is 430. The lowest BCUT2D eigenvalue weighted by molar-refractivity contribution is -0.385. The highest BCUT2D eigenvalue weighted by atomic mass is 16.6. The van der Waals surface area contributed by atoms with Crippen LogP contribution in [-0.2, 0) is 11.3 Å². The molecule has 0 spiro atoms. The highest BCUT2D eigenvalue weighted by Gasteiger charge is 2.16. The summed E-state index contributed by atoms with van der Waals surface area (Å²) in [5.74, 6) is 0.503. The minimum Gasteiger partial charge on any atom is -0.496 e. The molecule has 1 aromatic carbocycles. The van der Waals surface area contributed by atoms with Crippen molar-refractivity contribution in [3.05, 3.63) is 33.9 Å². The van der Waals surface area contributed by atoms with Gasteiger partial charge in [0.25, 0.3) is 5.69 Å². The van der Waals surface area contributed by atoms with Crippen molar-refractivity contribution in [2.75, 3.05) is 20.3 Å². The maximum atomic E-state index is 10.8. The van der Waals surface area contributed by atoms with E-state index in [2.05, 4.69) is 5.32 Å². The molecule has 98 valence electrons. The van der Waals surface area contributed by atoms with Crippen LogP contribution in [0.1, 0.15) is 12.0 Å². The van der Waals surface area contributed by atoms with Gasteiger partial charge in [0.15, 0.2) is 0 Å². The van der Waals surface area contributed by atoms with Crippen LogP contribution in [0.5, 0.6) is 5.75 Å². The predicted octanol–water partition coefficient (Wildman–Crippen LogP) is 1.48. The predicted molar refractivity (Wildman–Crippen MR) is 65.7 cm³/mol. The molecular weight excluding hydrogens is 236 g/mol. The molecule has 1 N–H and O–H groups in total. The summed E-state index contributed by atoms with van der Waals surface area (Å²) in [6.45, 7) is 2.05. The fraction of sp³-hybridized carbons (Fsp3) is 0.500. The third kappa shape index (κ3) is 3.18. The number of rotatable bonds is 5. The Labute approximate surface area is 105 Å². The van der Waals surface area contributed by atoms with Crippen molar-refractivity contribution < 1.29 is 14.4 Å². The number of nitro groups is 1. The normalized spacial score (nSPS) is 18.8. The second kappa shape index (κ2) is 5.79. The topological polar surface area (TPSA) is 73.6 Å². The monoisotopic (exact) mass is 252 g/mol. The Balaban J connectivity index is 2.05. The molecule has 0 bridgehead atoms. The van der Waals surface area contributed by atoms with E-state index < -0.39 is 4.92 Å². The minimum atomic E-state index is -0.412. The number of ether oxygens (including phenoxy) is 2. The first-order valence-electron chi connectivity index (χ1n) is 5.82. The van der Waals surface area contributed by atoms with Gasteiger partial charge >= 0.3 is 0 Å². The van der Waals surface area contributed by atoms with Crippen LogP contribution in [0, 0.1) is 10.1 Å². The van der Waals surface area contributed by atoms with Crippen LogP contribution in [0.3, 0.4) is 0 Å². The van der Waals surface area contributed by atoms with E-state index in [1.807, 2.05) is 0 Å². The molecule has 18 heavy (non-hydrogen) atoms. The summed E-state index contributed by atoms with van der Waals surface area (Å²) in [5, 5.41) is 14.1. The Morgan fingerprint density at radius 2 is 2.39 bits per heavy atom. The smallest absolute Gasteiger partial charge is 0.273 e. The lowest BCUT2D eigenvalue weighted by atomic mass is 10.1. The van der Waals surface area contributed by atoms with Gasteiger partial charge in [-0.1, -0.05) is 0 Å². The molecule has 0 amide bonds. The third-order valence-corrected chi connectivity index (χ3v) is 2.92. The van der Waals surface area contributed by atoms with Crippen LogP contribution in [0.4, 0.5) is 5.69 Å². The van der Waals surface area contributed by atoms with Crippen molar-refractivity contribution in [1.29, 1.82) is 0 Å². The van der Waals surface area contributed by atoms with Crippen molar-refractivity contribution in [3.8, 4) is 5.75 Å². The molecule has 1 heterocycles. The summed E-state index contributed by atoms with van der Waals surface area (Å²) in [7, 11) is 1.50. The summed E-state index contributed by atoms with van der Waals surface area (Å²) in [4.78, 5) is 10.4. The summed E-state index contributed by atoms with van der Waals surface area (Å²) in [6, 6.07) is 5.11. The van der Waals surface area contributed by atoms with Gasteiger partial charge in [-0.15, -0.1) is 0 Å². The third-order valence-electron chi connectivity index (χ3n) is 2.92. The van der Waals surface area contributed by atoms with Crippen LogP contribution in [0.2, 0.25) is 0 Å². The molecular formula is C12H16N2O4. The quantitative estimate of drug-likeness (QED) is 0.634. The molecule has 1 aromatic rings. The number of nitrogens with one attached hydrogen (secondary N) is 1. The molecule has 1 fully saturated rings. The van der Waals surface area contributed by atoms with Gasteiger partial charge in [0, 0.05) is 25.3 Å². The summed E-state index contributed by atoms with van der Waals surface area (Å²) in [5.41, 5.74) is 0.891. The number of methoxy groups -OCH3 is 1. The maximum Gasteiger partial charge on any atom is 0.273 e. The average Bonchev–Trinajstić information content (AvgIpc) is 2.89. The van der Waals surface area contributed by atoms with Crippen molar-refractivity contribution in [2.24, 2.45) is 0 Å². The minimum absolute atomic E-state index is 0.0498. The number of hydrogen-bond acceptors (Lipinski definition) is 5. The molecule has 1 aliphatic heterocycles. The molecule has 2 rings (SSSR count). The molecule has 0 aliphatic carbocycles. The lowest BCUT2D eigenvalue weighted by Crippen LogP contribution is -2.28. The van der Waals surface area contributed by atoms with Crippen molar-refractivity contribution in [3.63, 3.8) is 0 Å². The molecule has 6 heteroatoms. The largest absolute Gasteiger partial charge is 0.496 e. The number of benzene rings is 1. The Kier molecular flexibility index (Phi) is 4.11. The van der Waals surface area contributed by atoms with Crippen LogP contribution < -0.4 is 10.1 Å². The number of nitro benzene ring substituents is 1. The van der Waals surface area contributed by atoms with Gasteiger partial charge < -0.3 is 14.8 Å². The highest BCUT2D eigenvalue weighted by molar-refractivity contribution is 5.42. The van der Waals surface area contributed by atoms with Gasteiger partial charge in [-0.05, 0) is 18.1 Å². The Morgan fingerprint density at radius 3 is 3.00 bits per heavy atom. The second-order valence-electron chi connectivity index (χ2n) is 4.24. The van der Waals surface area contributed by atoms with Crippen molar-refractivity contribution in [1.82, 2.24) is 5.32 Å². The van der Waals surface area contributed by atoms with E-state index in [4.69, 9.17) is 9.47 Å². The van der Waals surface area contributed by atoms with E-state index in [-0.39, 0.29) is 5.69 Å². The van der Waals surface area contributed by atoms with Crippen LogP contribution in [0.15, 0.2) is 18.2 Å².